The van der Waals surface area contributed by atoms with Gasteiger partial charge in [-0.3, -0.25) is 0 Å². The molecule has 4 heteroatoms. The van der Waals surface area contributed by atoms with Gasteiger partial charge in [0.15, 0.2) is 0 Å². The average Bonchev–Trinajstić information content (AvgIpc) is 2.08. The maximum absolute atomic E-state index is 9.29. The number of aliphatic hydroxyl groups is 4. The summed E-state index contributed by atoms with van der Waals surface area (Å²) in [5.41, 5.74) is 0.375. The number of hydrogen-bond acceptors (Lipinski definition) is 4. The summed E-state index contributed by atoms with van der Waals surface area (Å²) in [5, 5.41) is 36.6. The summed E-state index contributed by atoms with van der Waals surface area (Å²) < 4.78 is 0. The second-order valence-electron chi connectivity index (χ2n) is 3.18. The Labute approximate surface area is 70.8 Å². The van der Waals surface area contributed by atoms with Crippen LogP contribution in [0.25, 0.3) is 0 Å². The Kier molecular flexibility index (Phi) is 2.85. The highest BCUT2D eigenvalue weighted by Crippen LogP contribution is 2.23. The number of hydrogen-bond donors (Lipinski definition) is 4. The SMILES string of the molecule is C[C@@H]1C=C(CO)[C@H](O)C(O)C1O. The third-order valence-electron chi connectivity index (χ3n) is 2.25. The molecule has 0 heterocycles. The quantitative estimate of drug-likeness (QED) is 0.370. The van der Waals surface area contributed by atoms with Crippen molar-refractivity contribution >= 4 is 0 Å². The largest absolute Gasteiger partial charge is 0.392 e. The summed E-state index contributed by atoms with van der Waals surface area (Å²) in [6.45, 7) is 1.44. The maximum atomic E-state index is 9.29. The van der Waals surface area contributed by atoms with Gasteiger partial charge >= 0.3 is 0 Å². The molecule has 0 aliphatic heterocycles. The summed E-state index contributed by atoms with van der Waals surface area (Å²) in [6, 6.07) is 0. The lowest BCUT2D eigenvalue weighted by molar-refractivity contribution is -0.0699. The first-order chi connectivity index (χ1) is 5.57. The Bertz CT molecular complexity index is 189. The Hall–Kier alpha value is -0.420. The van der Waals surface area contributed by atoms with E-state index in [1.165, 1.54) is 0 Å². The van der Waals surface area contributed by atoms with Gasteiger partial charge in [0.2, 0.25) is 0 Å². The van der Waals surface area contributed by atoms with Crippen LogP contribution in [0.5, 0.6) is 0 Å². The molecule has 0 aromatic carbocycles. The van der Waals surface area contributed by atoms with Crippen molar-refractivity contribution in [3.8, 4) is 0 Å². The molecule has 1 aliphatic rings. The fourth-order valence-electron chi connectivity index (χ4n) is 1.40. The van der Waals surface area contributed by atoms with Crippen molar-refractivity contribution in [3.05, 3.63) is 11.6 Å². The van der Waals surface area contributed by atoms with Crippen LogP contribution in [-0.2, 0) is 0 Å². The topological polar surface area (TPSA) is 80.9 Å². The van der Waals surface area contributed by atoms with Crippen LogP contribution in [0.3, 0.4) is 0 Å². The third-order valence-corrected chi connectivity index (χ3v) is 2.25. The van der Waals surface area contributed by atoms with Crippen molar-refractivity contribution in [2.75, 3.05) is 6.61 Å². The first-order valence-electron chi connectivity index (χ1n) is 3.93. The molecule has 0 saturated heterocycles. The van der Waals surface area contributed by atoms with Crippen molar-refractivity contribution in [2.24, 2.45) is 5.92 Å². The van der Waals surface area contributed by atoms with Crippen molar-refractivity contribution in [2.45, 2.75) is 25.2 Å². The second-order valence-corrected chi connectivity index (χ2v) is 3.18. The van der Waals surface area contributed by atoms with E-state index in [1.807, 2.05) is 0 Å². The minimum Gasteiger partial charge on any atom is -0.392 e. The van der Waals surface area contributed by atoms with Crippen LogP contribution in [0.4, 0.5) is 0 Å². The fourth-order valence-corrected chi connectivity index (χ4v) is 1.40. The summed E-state index contributed by atoms with van der Waals surface area (Å²) in [6.07, 6.45) is -1.69. The number of rotatable bonds is 1. The third kappa shape index (κ3) is 1.51. The molecule has 0 aromatic rings. The molecular formula is C8H14O4. The molecule has 1 aliphatic carbocycles. The van der Waals surface area contributed by atoms with Gasteiger partial charge in [-0.1, -0.05) is 13.0 Å². The van der Waals surface area contributed by atoms with Gasteiger partial charge in [-0.15, -0.1) is 0 Å². The van der Waals surface area contributed by atoms with Gasteiger partial charge < -0.3 is 20.4 Å². The molecule has 4 nitrogen and oxygen atoms in total. The molecule has 0 bridgehead atoms. The first kappa shape index (κ1) is 9.67. The Morgan fingerprint density at radius 2 is 1.83 bits per heavy atom. The van der Waals surface area contributed by atoms with Crippen LogP contribution < -0.4 is 0 Å². The van der Waals surface area contributed by atoms with Crippen LogP contribution in [0.15, 0.2) is 11.6 Å². The van der Waals surface area contributed by atoms with Gasteiger partial charge in [0.05, 0.1) is 12.7 Å². The molecule has 0 saturated carbocycles. The monoisotopic (exact) mass is 174 g/mol. The zero-order valence-electron chi connectivity index (χ0n) is 6.88. The van der Waals surface area contributed by atoms with Gasteiger partial charge in [0.1, 0.15) is 12.2 Å². The molecule has 0 aromatic heterocycles. The Balaban J connectivity index is 2.84. The normalized spacial score (nSPS) is 42.6. The van der Waals surface area contributed by atoms with Crippen molar-refractivity contribution < 1.29 is 20.4 Å². The second kappa shape index (κ2) is 3.53. The zero-order chi connectivity index (χ0) is 9.30. The van der Waals surface area contributed by atoms with Crippen molar-refractivity contribution in [3.63, 3.8) is 0 Å². The van der Waals surface area contributed by atoms with Gasteiger partial charge in [-0.05, 0) is 5.57 Å². The van der Waals surface area contributed by atoms with Crippen LogP contribution in [0.2, 0.25) is 0 Å². The lowest BCUT2D eigenvalue weighted by Crippen LogP contribution is -2.45. The summed E-state index contributed by atoms with van der Waals surface area (Å²) in [7, 11) is 0. The minimum atomic E-state index is -1.19. The Morgan fingerprint density at radius 1 is 1.25 bits per heavy atom. The van der Waals surface area contributed by atoms with Crippen LogP contribution in [0.1, 0.15) is 6.92 Å². The van der Waals surface area contributed by atoms with E-state index in [9.17, 15) is 15.3 Å². The summed E-state index contributed by atoms with van der Waals surface area (Å²) in [5.74, 6) is -0.231. The van der Waals surface area contributed by atoms with E-state index >= 15 is 0 Å². The lowest BCUT2D eigenvalue weighted by Gasteiger charge is -2.32. The van der Waals surface area contributed by atoms with E-state index in [0.29, 0.717) is 5.57 Å². The summed E-state index contributed by atoms with van der Waals surface area (Å²) in [4.78, 5) is 0. The van der Waals surface area contributed by atoms with E-state index in [4.69, 9.17) is 5.11 Å². The highest BCUT2D eigenvalue weighted by atomic mass is 16.4. The molecular weight excluding hydrogens is 160 g/mol. The van der Waals surface area contributed by atoms with Crippen LogP contribution in [0, 0.1) is 5.92 Å². The molecule has 0 fully saturated rings. The van der Waals surface area contributed by atoms with Crippen LogP contribution >= 0.6 is 0 Å². The van der Waals surface area contributed by atoms with E-state index in [-0.39, 0.29) is 12.5 Å². The van der Waals surface area contributed by atoms with E-state index in [2.05, 4.69) is 0 Å². The van der Waals surface area contributed by atoms with E-state index < -0.39 is 18.3 Å². The molecule has 0 radical (unpaired) electrons. The van der Waals surface area contributed by atoms with Gasteiger partial charge in [0.25, 0.3) is 0 Å². The van der Waals surface area contributed by atoms with E-state index in [1.54, 1.807) is 13.0 Å². The van der Waals surface area contributed by atoms with Crippen molar-refractivity contribution in [1.29, 1.82) is 0 Å². The minimum absolute atomic E-state index is 0.231. The van der Waals surface area contributed by atoms with Gasteiger partial charge in [-0.25, -0.2) is 0 Å². The fraction of sp³-hybridized carbons (Fsp3) is 0.750. The van der Waals surface area contributed by atoms with Gasteiger partial charge in [0, 0.05) is 5.92 Å². The zero-order valence-corrected chi connectivity index (χ0v) is 6.88. The molecule has 12 heavy (non-hydrogen) atoms. The molecule has 0 amide bonds. The van der Waals surface area contributed by atoms with Gasteiger partial charge in [-0.2, -0.15) is 0 Å². The lowest BCUT2D eigenvalue weighted by atomic mass is 9.85. The average molecular weight is 174 g/mol. The van der Waals surface area contributed by atoms with Crippen LogP contribution in [-0.4, -0.2) is 45.3 Å². The molecule has 70 valence electrons. The standard InChI is InChI=1S/C8H14O4/c1-4-2-5(3-9)7(11)8(12)6(4)10/h2,4,6-12H,3H2,1H3/t4-,6?,7+,8?/m1/s1. The smallest absolute Gasteiger partial charge is 0.110 e. The van der Waals surface area contributed by atoms with Crippen molar-refractivity contribution in [1.82, 2.24) is 0 Å². The molecule has 4 atom stereocenters. The first-order valence-corrected chi connectivity index (χ1v) is 3.93. The predicted octanol–water partition coefficient (Wildman–Crippen LogP) is -1.36. The highest BCUT2D eigenvalue weighted by Gasteiger charge is 2.34. The molecule has 4 N–H and O–H groups in total. The molecule has 2 unspecified atom stereocenters. The highest BCUT2D eigenvalue weighted by molar-refractivity contribution is 5.18. The maximum Gasteiger partial charge on any atom is 0.110 e. The van der Waals surface area contributed by atoms with E-state index in [0.717, 1.165) is 0 Å². The number of aliphatic hydroxyl groups excluding tert-OH is 4. The Morgan fingerprint density at radius 3 is 2.33 bits per heavy atom. The summed E-state index contributed by atoms with van der Waals surface area (Å²) >= 11 is 0. The molecule has 1 rings (SSSR count). The predicted molar refractivity (Wildman–Crippen MR) is 42.4 cm³/mol. The molecule has 0 spiro atoms.